The summed E-state index contributed by atoms with van der Waals surface area (Å²) >= 11 is 0. The molecule has 0 unspecified atom stereocenters. The highest BCUT2D eigenvalue weighted by atomic mass is 19.4. The first kappa shape index (κ1) is 30.3. The van der Waals surface area contributed by atoms with Crippen molar-refractivity contribution in [3.8, 4) is 0 Å². The second-order valence-corrected chi connectivity index (χ2v) is 8.21. The number of carbonyl (C=O) groups excluding carboxylic acids is 1. The number of aromatic nitrogens is 1. The molecule has 0 aliphatic carbocycles. The van der Waals surface area contributed by atoms with Crippen LogP contribution in [-0.2, 0) is 17.3 Å². The van der Waals surface area contributed by atoms with Gasteiger partial charge in [0, 0.05) is 18.3 Å². The van der Waals surface area contributed by atoms with Gasteiger partial charge in [-0.3, -0.25) is 0 Å². The molecular formula is C30H32F4N2O2. The maximum absolute atomic E-state index is 13.2. The molecule has 0 saturated heterocycles. The second kappa shape index (κ2) is 14.1. The number of alkyl halides is 3. The van der Waals surface area contributed by atoms with Crippen molar-refractivity contribution in [3.05, 3.63) is 113 Å². The number of anilines is 1. The highest BCUT2D eigenvalue weighted by Gasteiger charge is 2.31. The quantitative estimate of drug-likeness (QED) is 0.177. The van der Waals surface area contributed by atoms with Crippen molar-refractivity contribution in [1.82, 2.24) is 4.98 Å². The lowest BCUT2D eigenvalue weighted by Crippen LogP contribution is -2.19. The summed E-state index contributed by atoms with van der Waals surface area (Å²) in [6.07, 6.45) is 1.54. The van der Waals surface area contributed by atoms with Crippen molar-refractivity contribution >= 4 is 17.5 Å². The number of allylic oxidation sites excluding steroid dienone is 3. The summed E-state index contributed by atoms with van der Waals surface area (Å²) in [4.78, 5) is 17.9. The SMILES string of the molecule is C/C=C/C=C(/c1cc(C(F)(F)F)ccc1C)N(C)c1cccc(C(=O)OCC)n1.CCc1ccccc1F. The molecule has 0 radical (unpaired) electrons. The van der Waals surface area contributed by atoms with Crippen LogP contribution in [-0.4, -0.2) is 24.6 Å². The Hall–Kier alpha value is -3.94. The first-order chi connectivity index (χ1) is 18.0. The summed E-state index contributed by atoms with van der Waals surface area (Å²) in [5.41, 5.74) is 1.80. The van der Waals surface area contributed by atoms with Crippen LogP contribution in [0.15, 0.2) is 78.9 Å². The molecule has 0 aliphatic rings. The summed E-state index contributed by atoms with van der Waals surface area (Å²) in [5.74, 6) is -0.250. The third kappa shape index (κ3) is 8.30. The molecule has 1 aromatic heterocycles. The molecule has 0 spiro atoms. The van der Waals surface area contributed by atoms with Gasteiger partial charge < -0.3 is 9.64 Å². The second-order valence-electron chi connectivity index (χ2n) is 8.21. The van der Waals surface area contributed by atoms with Gasteiger partial charge in [-0.1, -0.05) is 49.4 Å². The normalized spacial score (nSPS) is 11.7. The molecule has 3 rings (SSSR count). The lowest BCUT2D eigenvalue weighted by Gasteiger charge is -2.24. The predicted molar refractivity (Wildman–Crippen MR) is 143 cm³/mol. The fourth-order valence-corrected chi connectivity index (χ4v) is 3.48. The van der Waals surface area contributed by atoms with Crippen LogP contribution in [0.25, 0.3) is 5.70 Å². The highest BCUT2D eigenvalue weighted by Crippen LogP contribution is 2.34. The number of ether oxygens (including phenoxy) is 1. The standard InChI is InChI=1S/C22H23F3N2O2.C8H9F/c1-5-7-10-19(17-14-16(22(23,24)25)13-12-15(17)3)27(4)20-11-8-9-18(26-20)21(28)29-6-2;1-2-7-5-3-4-6-8(7)9/h5,7-14H,6H2,1-4H3;3-6H,2H2,1H3/b7-5+,19-10-;. The molecule has 0 saturated carbocycles. The van der Waals surface area contributed by atoms with Crippen molar-refractivity contribution in [2.24, 2.45) is 0 Å². The van der Waals surface area contributed by atoms with Gasteiger partial charge in [0.2, 0.25) is 0 Å². The Morgan fingerprint density at radius 2 is 1.76 bits per heavy atom. The van der Waals surface area contributed by atoms with Gasteiger partial charge in [0.15, 0.2) is 5.69 Å². The summed E-state index contributed by atoms with van der Waals surface area (Å²) < 4.78 is 57.3. The molecule has 8 heteroatoms. The zero-order valence-electron chi connectivity index (χ0n) is 22.1. The number of hydrogen-bond acceptors (Lipinski definition) is 4. The van der Waals surface area contributed by atoms with Crippen LogP contribution in [0.3, 0.4) is 0 Å². The average Bonchev–Trinajstić information content (AvgIpc) is 2.90. The number of esters is 1. The van der Waals surface area contributed by atoms with Crippen LogP contribution in [0.5, 0.6) is 0 Å². The highest BCUT2D eigenvalue weighted by molar-refractivity contribution is 5.88. The molecule has 4 nitrogen and oxygen atoms in total. The summed E-state index contributed by atoms with van der Waals surface area (Å²) in [7, 11) is 1.69. The molecule has 1 heterocycles. The van der Waals surface area contributed by atoms with Gasteiger partial charge in [0.05, 0.1) is 12.2 Å². The first-order valence-corrected chi connectivity index (χ1v) is 12.2. The number of nitrogens with zero attached hydrogens (tertiary/aromatic N) is 2. The molecular weight excluding hydrogens is 496 g/mol. The number of rotatable bonds is 7. The van der Waals surface area contributed by atoms with E-state index < -0.39 is 17.7 Å². The third-order valence-corrected chi connectivity index (χ3v) is 5.55. The number of hydrogen-bond donors (Lipinski definition) is 0. The molecule has 2 aromatic carbocycles. The van der Waals surface area contributed by atoms with Crippen molar-refractivity contribution in [2.75, 3.05) is 18.6 Å². The van der Waals surface area contributed by atoms with E-state index in [1.807, 2.05) is 19.9 Å². The fourth-order valence-electron chi connectivity index (χ4n) is 3.48. The smallest absolute Gasteiger partial charge is 0.416 e. The number of aryl methyl sites for hydroxylation is 2. The van der Waals surface area contributed by atoms with Crippen LogP contribution < -0.4 is 4.90 Å². The number of benzene rings is 2. The van der Waals surface area contributed by atoms with Crippen LogP contribution in [0.4, 0.5) is 23.4 Å². The first-order valence-electron chi connectivity index (χ1n) is 12.2. The molecule has 3 aromatic rings. The minimum absolute atomic E-state index is 0.0972. The third-order valence-electron chi connectivity index (χ3n) is 5.55. The van der Waals surface area contributed by atoms with Gasteiger partial charge >= 0.3 is 12.1 Å². The van der Waals surface area contributed by atoms with E-state index in [0.29, 0.717) is 22.6 Å². The molecule has 0 atom stereocenters. The molecule has 38 heavy (non-hydrogen) atoms. The Kier molecular flexibility index (Phi) is 11.3. The van der Waals surface area contributed by atoms with Crippen molar-refractivity contribution in [2.45, 2.75) is 40.3 Å². The summed E-state index contributed by atoms with van der Waals surface area (Å²) in [5, 5.41) is 0. The number of pyridine rings is 1. The van der Waals surface area contributed by atoms with Gasteiger partial charge in [-0.15, -0.1) is 0 Å². The Labute approximate surface area is 221 Å². The van der Waals surface area contributed by atoms with E-state index in [2.05, 4.69) is 4.98 Å². The van der Waals surface area contributed by atoms with E-state index in [-0.39, 0.29) is 18.1 Å². The zero-order chi connectivity index (χ0) is 28.3. The summed E-state index contributed by atoms with van der Waals surface area (Å²) in [6.45, 7) is 7.42. The van der Waals surface area contributed by atoms with E-state index in [4.69, 9.17) is 4.74 Å². The molecule has 0 bridgehead atoms. The van der Waals surface area contributed by atoms with E-state index in [1.54, 1.807) is 68.3 Å². The Morgan fingerprint density at radius 3 is 2.34 bits per heavy atom. The van der Waals surface area contributed by atoms with Crippen molar-refractivity contribution in [1.29, 1.82) is 0 Å². The zero-order valence-corrected chi connectivity index (χ0v) is 22.1. The Morgan fingerprint density at radius 1 is 1.05 bits per heavy atom. The van der Waals surface area contributed by atoms with Gasteiger partial charge in [0.1, 0.15) is 11.6 Å². The van der Waals surface area contributed by atoms with Crippen molar-refractivity contribution in [3.63, 3.8) is 0 Å². The van der Waals surface area contributed by atoms with Crippen LogP contribution in [0.1, 0.15) is 53.5 Å². The van der Waals surface area contributed by atoms with Crippen LogP contribution in [0.2, 0.25) is 0 Å². The molecule has 0 N–H and O–H groups in total. The molecule has 0 aliphatic heterocycles. The maximum atomic E-state index is 13.2. The monoisotopic (exact) mass is 528 g/mol. The number of halogens is 4. The molecule has 202 valence electrons. The number of carbonyl (C=O) groups is 1. The minimum Gasteiger partial charge on any atom is -0.461 e. The van der Waals surface area contributed by atoms with Crippen molar-refractivity contribution < 1.29 is 27.1 Å². The van der Waals surface area contributed by atoms with Gasteiger partial charge in [-0.05, 0) is 74.7 Å². The van der Waals surface area contributed by atoms with E-state index in [1.165, 1.54) is 18.2 Å². The van der Waals surface area contributed by atoms with Gasteiger partial charge in [0.25, 0.3) is 0 Å². The Balaban J connectivity index is 0.000000474. The molecule has 0 fully saturated rings. The summed E-state index contributed by atoms with van der Waals surface area (Å²) in [6, 6.07) is 15.3. The maximum Gasteiger partial charge on any atom is 0.416 e. The van der Waals surface area contributed by atoms with Gasteiger partial charge in [-0.2, -0.15) is 13.2 Å². The minimum atomic E-state index is -4.45. The van der Waals surface area contributed by atoms with E-state index in [0.717, 1.165) is 24.1 Å². The molecule has 0 amide bonds. The van der Waals surface area contributed by atoms with Crippen LogP contribution in [0, 0.1) is 12.7 Å². The fraction of sp³-hybridized carbons (Fsp3) is 0.267. The van der Waals surface area contributed by atoms with E-state index in [9.17, 15) is 22.4 Å². The van der Waals surface area contributed by atoms with Gasteiger partial charge in [-0.25, -0.2) is 14.2 Å². The topological polar surface area (TPSA) is 42.4 Å². The lowest BCUT2D eigenvalue weighted by atomic mass is 10.0. The van der Waals surface area contributed by atoms with E-state index >= 15 is 0 Å². The Bertz CT molecular complexity index is 1280. The predicted octanol–water partition coefficient (Wildman–Crippen LogP) is 8.03. The lowest BCUT2D eigenvalue weighted by molar-refractivity contribution is -0.137. The average molecular weight is 529 g/mol. The van der Waals surface area contributed by atoms with Crippen LogP contribution >= 0.6 is 0 Å². The largest absolute Gasteiger partial charge is 0.461 e.